The molecule has 5 heteroatoms. The predicted octanol–water partition coefficient (Wildman–Crippen LogP) is 2.21. The van der Waals surface area contributed by atoms with Crippen LogP contribution in [0.1, 0.15) is 29.3 Å². The summed E-state index contributed by atoms with van der Waals surface area (Å²) in [5.74, 6) is 0.745. The van der Waals surface area contributed by atoms with Crippen molar-refractivity contribution < 1.29 is 9.32 Å². The average Bonchev–Trinajstić information content (AvgIpc) is 2.98. The molecule has 1 aromatic heterocycles. The molecule has 1 saturated heterocycles. The Hall–Kier alpha value is -2.17. The van der Waals surface area contributed by atoms with Crippen molar-refractivity contribution in [3.05, 3.63) is 41.5 Å². The van der Waals surface area contributed by atoms with E-state index in [4.69, 9.17) is 4.52 Å². The summed E-state index contributed by atoms with van der Waals surface area (Å²) in [6.45, 7) is 4.68. The van der Waals surface area contributed by atoms with Gasteiger partial charge in [-0.3, -0.25) is 4.79 Å². The lowest BCUT2D eigenvalue weighted by atomic mass is 10.1. The van der Waals surface area contributed by atoms with Crippen LogP contribution in [0.15, 0.2) is 29.1 Å². The van der Waals surface area contributed by atoms with E-state index in [-0.39, 0.29) is 11.8 Å². The largest absolute Gasteiger partial charge is 0.343 e. The Labute approximate surface area is 111 Å². The zero-order valence-electron chi connectivity index (χ0n) is 11.0. The Morgan fingerprint density at radius 2 is 2.21 bits per heavy atom. The third-order valence-corrected chi connectivity index (χ3v) is 3.51. The number of anilines is 1. The van der Waals surface area contributed by atoms with Gasteiger partial charge in [-0.1, -0.05) is 22.9 Å². The monoisotopic (exact) mass is 257 g/mol. The van der Waals surface area contributed by atoms with Crippen molar-refractivity contribution in [3.8, 4) is 0 Å². The van der Waals surface area contributed by atoms with Crippen molar-refractivity contribution in [2.75, 3.05) is 11.4 Å². The van der Waals surface area contributed by atoms with Crippen molar-refractivity contribution in [1.29, 1.82) is 0 Å². The van der Waals surface area contributed by atoms with E-state index in [1.165, 1.54) is 12.0 Å². The highest BCUT2D eigenvalue weighted by Gasteiger charge is 2.34. The lowest BCUT2D eigenvalue weighted by Gasteiger charge is -2.19. The Balaban J connectivity index is 1.88. The van der Waals surface area contributed by atoms with Gasteiger partial charge in [0.1, 0.15) is 0 Å². The zero-order chi connectivity index (χ0) is 13.4. The Morgan fingerprint density at radius 1 is 1.37 bits per heavy atom. The molecule has 0 radical (unpaired) electrons. The van der Waals surface area contributed by atoms with Crippen LogP contribution < -0.4 is 4.90 Å². The van der Waals surface area contributed by atoms with Crippen molar-refractivity contribution in [1.82, 2.24) is 10.1 Å². The molecule has 1 atom stereocenters. The van der Waals surface area contributed by atoms with E-state index in [9.17, 15) is 4.79 Å². The number of aromatic nitrogens is 2. The van der Waals surface area contributed by atoms with Crippen molar-refractivity contribution in [2.24, 2.45) is 0 Å². The molecule has 0 spiro atoms. The standard InChI is InChI=1S/C14H15N3O2/c1-9-3-4-12(10(2)5-9)17-7-11(6-13(17)18)14-15-8-19-16-14/h3-5,8,11H,6-7H2,1-2H3. The predicted molar refractivity (Wildman–Crippen MR) is 69.9 cm³/mol. The number of hydrogen-bond donors (Lipinski definition) is 0. The molecule has 98 valence electrons. The number of aryl methyl sites for hydroxylation is 2. The minimum absolute atomic E-state index is 0.0203. The lowest BCUT2D eigenvalue weighted by molar-refractivity contribution is -0.117. The summed E-state index contributed by atoms with van der Waals surface area (Å²) in [6.07, 6.45) is 1.74. The summed E-state index contributed by atoms with van der Waals surface area (Å²) in [5, 5.41) is 3.83. The topological polar surface area (TPSA) is 59.2 Å². The van der Waals surface area contributed by atoms with Crippen LogP contribution in [-0.4, -0.2) is 22.6 Å². The number of amides is 1. The van der Waals surface area contributed by atoms with Crippen LogP contribution in [0, 0.1) is 13.8 Å². The van der Waals surface area contributed by atoms with Crippen LogP contribution in [0.4, 0.5) is 5.69 Å². The third kappa shape index (κ3) is 2.12. The molecule has 0 N–H and O–H groups in total. The SMILES string of the molecule is Cc1ccc(N2CC(c3ncon3)CC2=O)c(C)c1. The quantitative estimate of drug-likeness (QED) is 0.827. The first-order chi connectivity index (χ1) is 9.15. The molecule has 19 heavy (non-hydrogen) atoms. The van der Waals surface area contributed by atoms with Gasteiger partial charge < -0.3 is 9.42 Å². The number of benzene rings is 1. The second-order valence-electron chi connectivity index (χ2n) is 4.98. The first-order valence-corrected chi connectivity index (χ1v) is 6.29. The molecule has 2 heterocycles. The van der Waals surface area contributed by atoms with E-state index >= 15 is 0 Å². The van der Waals surface area contributed by atoms with Crippen LogP contribution in [0.5, 0.6) is 0 Å². The summed E-state index contributed by atoms with van der Waals surface area (Å²) >= 11 is 0. The molecule has 1 fully saturated rings. The van der Waals surface area contributed by atoms with Gasteiger partial charge in [-0.25, -0.2) is 0 Å². The van der Waals surface area contributed by atoms with Crippen LogP contribution in [0.3, 0.4) is 0 Å². The Kier molecular flexibility index (Phi) is 2.81. The Bertz CT molecular complexity index is 607. The highest BCUT2D eigenvalue weighted by atomic mass is 16.5. The zero-order valence-corrected chi connectivity index (χ0v) is 11.0. The van der Waals surface area contributed by atoms with Crippen molar-refractivity contribution in [2.45, 2.75) is 26.2 Å². The molecule has 1 unspecified atom stereocenters. The summed E-state index contributed by atoms with van der Waals surface area (Å²) in [5.41, 5.74) is 3.28. The highest BCUT2D eigenvalue weighted by molar-refractivity contribution is 5.97. The van der Waals surface area contributed by atoms with Gasteiger partial charge in [0, 0.05) is 24.6 Å². The van der Waals surface area contributed by atoms with Gasteiger partial charge in [0.15, 0.2) is 5.82 Å². The molecule has 1 aliphatic rings. The fourth-order valence-corrected chi connectivity index (χ4v) is 2.58. The van der Waals surface area contributed by atoms with Gasteiger partial charge in [-0.05, 0) is 25.5 Å². The van der Waals surface area contributed by atoms with Crippen LogP contribution >= 0.6 is 0 Å². The second kappa shape index (κ2) is 4.50. The summed E-state index contributed by atoms with van der Waals surface area (Å²) < 4.78 is 4.75. The first kappa shape index (κ1) is 11.9. The number of carbonyl (C=O) groups is 1. The van der Waals surface area contributed by atoms with Crippen LogP contribution in [0.25, 0.3) is 0 Å². The molecule has 5 nitrogen and oxygen atoms in total. The van der Waals surface area contributed by atoms with Gasteiger partial charge in [0.2, 0.25) is 12.3 Å². The van der Waals surface area contributed by atoms with Gasteiger partial charge in [-0.15, -0.1) is 0 Å². The average molecular weight is 257 g/mol. The van der Waals surface area contributed by atoms with E-state index in [0.717, 1.165) is 11.3 Å². The summed E-state index contributed by atoms with van der Waals surface area (Å²) in [6, 6.07) is 6.11. The lowest BCUT2D eigenvalue weighted by Crippen LogP contribution is -2.25. The van der Waals surface area contributed by atoms with Crippen molar-refractivity contribution in [3.63, 3.8) is 0 Å². The molecule has 2 aromatic rings. The highest BCUT2D eigenvalue weighted by Crippen LogP contribution is 2.32. The molecular weight excluding hydrogens is 242 g/mol. The summed E-state index contributed by atoms with van der Waals surface area (Å²) in [7, 11) is 0. The van der Waals surface area contributed by atoms with Gasteiger partial charge >= 0.3 is 0 Å². The minimum atomic E-state index is 0.0203. The van der Waals surface area contributed by atoms with Crippen molar-refractivity contribution >= 4 is 11.6 Å². The molecule has 3 rings (SSSR count). The summed E-state index contributed by atoms with van der Waals surface area (Å²) in [4.78, 5) is 18.0. The second-order valence-corrected chi connectivity index (χ2v) is 4.98. The molecule has 0 bridgehead atoms. The molecule has 1 aromatic carbocycles. The van der Waals surface area contributed by atoms with E-state index in [2.05, 4.69) is 16.2 Å². The number of rotatable bonds is 2. The van der Waals surface area contributed by atoms with Gasteiger partial charge in [0.05, 0.1) is 0 Å². The third-order valence-electron chi connectivity index (χ3n) is 3.51. The maximum atomic E-state index is 12.2. The minimum Gasteiger partial charge on any atom is -0.343 e. The maximum Gasteiger partial charge on any atom is 0.227 e. The van der Waals surface area contributed by atoms with Crippen LogP contribution in [0.2, 0.25) is 0 Å². The van der Waals surface area contributed by atoms with Gasteiger partial charge in [-0.2, -0.15) is 4.98 Å². The smallest absolute Gasteiger partial charge is 0.227 e. The molecular formula is C14H15N3O2. The normalized spacial score (nSPS) is 19.2. The Morgan fingerprint density at radius 3 is 2.89 bits per heavy atom. The van der Waals surface area contributed by atoms with Crippen LogP contribution in [-0.2, 0) is 4.79 Å². The van der Waals surface area contributed by atoms with E-state index in [1.54, 1.807) is 0 Å². The van der Waals surface area contributed by atoms with E-state index < -0.39 is 0 Å². The fourth-order valence-electron chi connectivity index (χ4n) is 2.58. The number of carbonyl (C=O) groups excluding carboxylic acids is 1. The molecule has 1 amide bonds. The first-order valence-electron chi connectivity index (χ1n) is 6.29. The maximum absolute atomic E-state index is 12.2. The fraction of sp³-hybridized carbons (Fsp3) is 0.357. The van der Waals surface area contributed by atoms with E-state index in [0.29, 0.717) is 18.8 Å². The number of hydrogen-bond acceptors (Lipinski definition) is 4. The number of nitrogens with zero attached hydrogens (tertiary/aromatic N) is 3. The van der Waals surface area contributed by atoms with Gasteiger partial charge in [0.25, 0.3) is 0 Å². The molecule has 0 saturated carbocycles. The molecule has 1 aliphatic heterocycles. The molecule has 0 aliphatic carbocycles. The van der Waals surface area contributed by atoms with E-state index in [1.807, 2.05) is 30.9 Å².